The van der Waals surface area contributed by atoms with E-state index in [1.54, 1.807) is 60.0 Å². The third kappa shape index (κ3) is 3.11. The van der Waals surface area contributed by atoms with Crippen LogP contribution in [0.2, 0.25) is 0 Å². The largest absolute Gasteiger partial charge is 0.282 e. The Morgan fingerprint density at radius 3 is 2.17 bits per heavy atom. The highest BCUT2D eigenvalue weighted by Gasteiger charge is 2.32. The smallest absolute Gasteiger partial charge is 0.267 e. The lowest BCUT2D eigenvalue weighted by atomic mass is 10.2. The van der Waals surface area contributed by atoms with Crippen LogP contribution in [-0.2, 0) is 10.0 Å². The van der Waals surface area contributed by atoms with Crippen LogP contribution in [0.1, 0.15) is 15.2 Å². The number of aryl methyl sites for hydroxylation is 1. The first-order valence-electron chi connectivity index (χ1n) is 7.25. The van der Waals surface area contributed by atoms with Gasteiger partial charge in [-0.05, 0) is 42.6 Å². The van der Waals surface area contributed by atoms with Gasteiger partial charge in [-0.15, -0.1) is 11.3 Å². The third-order valence-electron chi connectivity index (χ3n) is 3.47. The lowest BCUT2D eigenvalue weighted by molar-refractivity contribution is 0.101. The Bertz CT molecular complexity index is 932. The molecule has 2 aromatic carbocycles. The van der Waals surface area contributed by atoms with E-state index in [1.807, 2.05) is 6.92 Å². The normalized spacial score (nSPS) is 11.2. The molecular formula is C18H15NO3S2. The highest BCUT2D eigenvalue weighted by atomic mass is 32.2. The van der Waals surface area contributed by atoms with Crippen molar-refractivity contribution in [3.8, 4) is 0 Å². The molecule has 0 bridgehead atoms. The summed E-state index contributed by atoms with van der Waals surface area (Å²) in [7, 11) is -4.00. The van der Waals surface area contributed by atoms with E-state index in [0.717, 1.165) is 9.87 Å². The topological polar surface area (TPSA) is 54.5 Å². The highest BCUT2D eigenvalue weighted by molar-refractivity contribution is 7.93. The molecule has 6 heteroatoms. The zero-order valence-corrected chi connectivity index (χ0v) is 14.5. The molecule has 0 N–H and O–H groups in total. The molecule has 1 amide bonds. The molecule has 122 valence electrons. The van der Waals surface area contributed by atoms with Crippen molar-refractivity contribution in [3.05, 3.63) is 82.6 Å². The van der Waals surface area contributed by atoms with Gasteiger partial charge < -0.3 is 0 Å². The highest BCUT2D eigenvalue weighted by Crippen LogP contribution is 2.27. The minimum atomic E-state index is -4.00. The average molecular weight is 357 g/mol. The SMILES string of the molecule is Cc1ccc(N(C(=O)c2cccs2)S(=O)(=O)c2ccccc2)cc1. The number of hydrogen-bond donors (Lipinski definition) is 0. The number of thiophene rings is 1. The minimum Gasteiger partial charge on any atom is -0.267 e. The van der Waals surface area contributed by atoms with Crippen molar-refractivity contribution in [2.24, 2.45) is 0 Å². The molecule has 0 spiro atoms. The lowest BCUT2D eigenvalue weighted by Crippen LogP contribution is -2.36. The van der Waals surface area contributed by atoms with Gasteiger partial charge in [-0.2, -0.15) is 4.31 Å². The molecule has 0 saturated carbocycles. The van der Waals surface area contributed by atoms with Gasteiger partial charge in [0.05, 0.1) is 15.5 Å². The molecule has 24 heavy (non-hydrogen) atoms. The molecule has 0 aliphatic carbocycles. The van der Waals surface area contributed by atoms with Crippen molar-refractivity contribution in [2.75, 3.05) is 4.31 Å². The summed E-state index contributed by atoms with van der Waals surface area (Å²) in [6, 6.07) is 18.2. The number of anilines is 1. The van der Waals surface area contributed by atoms with E-state index in [2.05, 4.69) is 0 Å². The molecule has 0 aliphatic rings. The predicted molar refractivity (Wildman–Crippen MR) is 95.9 cm³/mol. The summed E-state index contributed by atoms with van der Waals surface area (Å²) in [4.78, 5) is 13.3. The minimum absolute atomic E-state index is 0.0791. The van der Waals surface area contributed by atoms with Crippen LogP contribution >= 0.6 is 11.3 Å². The Balaban J connectivity index is 2.15. The van der Waals surface area contributed by atoms with Crippen LogP contribution in [0.25, 0.3) is 0 Å². The molecule has 3 rings (SSSR count). The predicted octanol–water partition coefficient (Wildman–Crippen LogP) is 4.09. The molecular weight excluding hydrogens is 342 g/mol. The van der Waals surface area contributed by atoms with Gasteiger partial charge in [-0.3, -0.25) is 4.79 Å². The number of carbonyl (C=O) groups excluding carboxylic acids is 1. The number of nitrogens with zero attached hydrogens (tertiary/aromatic N) is 1. The van der Waals surface area contributed by atoms with E-state index in [0.29, 0.717) is 10.6 Å². The van der Waals surface area contributed by atoms with Gasteiger partial charge in [0, 0.05) is 0 Å². The van der Waals surface area contributed by atoms with Crippen LogP contribution in [-0.4, -0.2) is 14.3 Å². The molecule has 1 aromatic heterocycles. The fraction of sp³-hybridized carbons (Fsp3) is 0.0556. The summed E-state index contributed by atoms with van der Waals surface area (Å²) in [5.41, 5.74) is 1.31. The van der Waals surface area contributed by atoms with Gasteiger partial charge in [-0.25, -0.2) is 8.42 Å². The standard InChI is InChI=1S/C18H15NO3S2/c1-14-9-11-15(12-10-14)19(18(20)17-8-5-13-23-17)24(21,22)16-6-3-2-4-7-16/h2-13H,1H3. The molecule has 0 unspecified atom stereocenters. The fourth-order valence-electron chi connectivity index (χ4n) is 2.24. The van der Waals surface area contributed by atoms with Crippen molar-refractivity contribution < 1.29 is 13.2 Å². The van der Waals surface area contributed by atoms with Crippen LogP contribution in [0.3, 0.4) is 0 Å². The summed E-state index contributed by atoms with van der Waals surface area (Å²) in [5.74, 6) is -0.558. The Morgan fingerprint density at radius 1 is 0.917 bits per heavy atom. The monoisotopic (exact) mass is 357 g/mol. The van der Waals surface area contributed by atoms with E-state index in [-0.39, 0.29) is 4.90 Å². The summed E-state index contributed by atoms with van der Waals surface area (Å²) >= 11 is 1.21. The van der Waals surface area contributed by atoms with Crippen molar-refractivity contribution in [1.82, 2.24) is 0 Å². The van der Waals surface area contributed by atoms with E-state index >= 15 is 0 Å². The fourth-order valence-corrected chi connectivity index (χ4v) is 4.38. The van der Waals surface area contributed by atoms with Gasteiger partial charge in [0.1, 0.15) is 0 Å². The first kappa shape index (κ1) is 16.4. The maximum atomic E-state index is 13.1. The van der Waals surface area contributed by atoms with E-state index in [9.17, 15) is 13.2 Å². The number of rotatable bonds is 4. The Hall–Kier alpha value is -2.44. The van der Waals surface area contributed by atoms with Crippen molar-refractivity contribution in [3.63, 3.8) is 0 Å². The Morgan fingerprint density at radius 2 is 1.58 bits per heavy atom. The summed E-state index contributed by atoms with van der Waals surface area (Å²) in [6.07, 6.45) is 0. The second-order valence-corrected chi connectivity index (χ2v) is 7.93. The van der Waals surface area contributed by atoms with E-state index in [4.69, 9.17) is 0 Å². The maximum Gasteiger partial charge on any atom is 0.282 e. The number of benzene rings is 2. The Kier molecular flexibility index (Phi) is 4.51. The summed E-state index contributed by atoms with van der Waals surface area (Å²) < 4.78 is 27.0. The first-order chi connectivity index (χ1) is 11.5. The molecule has 3 aromatic rings. The number of amides is 1. The second-order valence-electron chi connectivity index (χ2n) is 5.20. The second kappa shape index (κ2) is 6.59. The third-order valence-corrected chi connectivity index (χ3v) is 6.05. The van der Waals surface area contributed by atoms with Crippen molar-refractivity contribution >= 4 is 33.0 Å². The van der Waals surface area contributed by atoms with Crippen LogP contribution in [0.15, 0.2) is 77.0 Å². The average Bonchev–Trinajstić information content (AvgIpc) is 3.12. The van der Waals surface area contributed by atoms with Crippen LogP contribution < -0.4 is 4.31 Å². The molecule has 0 aliphatic heterocycles. The van der Waals surface area contributed by atoms with Gasteiger partial charge in [0.2, 0.25) is 0 Å². The van der Waals surface area contributed by atoms with E-state index < -0.39 is 15.9 Å². The number of sulfonamides is 1. The zero-order valence-electron chi connectivity index (χ0n) is 12.9. The van der Waals surface area contributed by atoms with Crippen molar-refractivity contribution in [1.29, 1.82) is 0 Å². The summed E-state index contributed by atoms with van der Waals surface area (Å²) in [6.45, 7) is 1.90. The van der Waals surface area contributed by atoms with Crippen LogP contribution in [0.4, 0.5) is 5.69 Å². The zero-order chi connectivity index (χ0) is 17.2. The molecule has 0 saturated heterocycles. The lowest BCUT2D eigenvalue weighted by Gasteiger charge is -2.22. The van der Waals surface area contributed by atoms with Crippen LogP contribution in [0, 0.1) is 6.92 Å². The molecule has 0 fully saturated rings. The van der Waals surface area contributed by atoms with Crippen LogP contribution in [0.5, 0.6) is 0 Å². The van der Waals surface area contributed by atoms with Gasteiger partial charge in [0.15, 0.2) is 0 Å². The molecule has 0 atom stereocenters. The van der Waals surface area contributed by atoms with Gasteiger partial charge in [-0.1, -0.05) is 42.0 Å². The summed E-state index contributed by atoms with van der Waals surface area (Å²) in [5, 5.41) is 1.75. The first-order valence-corrected chi connectivity index (χ1v) is 9.57. The maximum absolute atomic E-state index is 13.1. The molecule has 1 heterocycles. The van der Waals surface area contributed by atoms with Gasteiger partial charge >= 0.3 is 0 Å². The van der Waals surface area contributed by atoms with Gasteiger partial charge in [0.25, 0.3) is 15.9 Å². The molecule has 0 radical (unpaired) electrons. The quantitative estimate of drug-likeness (QED) is 0.706. The Labute approximate surface area is 145 Å². The molecule has 4 nitrogen and oxygen atoms in total. The number of carbonyl (C=O) groups is 1. The van der Waals surface area contributed by atoms with E-state index in [1.165, 1.54) is 23.5 Å². The van der Waals surface area contributed by atoms with Crippen molar-refractivity contribution in [2.45, 2.75) is 11.8 Å². The number of hydrogen-bond acceptors (Lipinski definition) is 4.